The van der Waals surface area contributed by atoms with Gasteiger partial charge in [0.25, 0.3) is 5.56 Å². The molecule has 9 heteroatoms. The van der Waals surface area contributed by atoms with Crippen LogP contribution in [0.3, 0.4) is 0 Å². The number of benzene rings is 1. The predicted molar refractivity (Wildman–Crippen MR) is 120 cm³/mol. The SMILES string of the molecule is COCCN(C(=O)CN1CCC[C@H](C)C1)c1c(N)n(Cc2ccccc2)c(=O)[nH]c1=O. The van der Waals surface area contributed by atoms with Crippen LogP contribution in [-0.4, -0.2) is 60.3 Å². The van der Waals surface area contributed by atoms with Gasteiger partial charge in [-0.25, -0.2) is 4.79 Å². The largest absolute Gasteiger partial charge is 0.383 e. The number of hydrogen-bond donors (Lipinski definition) is 2. The van der Waals surface area contributed by atoms with Crippen molar-refractivity contribution in [3.8, 4) is 0 Å². The number of hydrogen-bond acceptors (Lipinski definition) is 6. The van der Waals surface area contributed by atoms with Gasteiger partial charge in [-0.3, -0.25) is 24.0 Å². The molecule has 3 rings (SSSR count). The molecule has 1 fully saturated rings. The van der Waals surface area contributed by atoms with Crippen molar-refractivity contribution in [3.63, 3.8) is 0 Å². The average Bonchev–Trinajstić information content (AvgIpc) is 2.74. The summed E-state index contributed by atoms with van der Waals surface area (Å²) in [6, 6.07) is 9.32. The first-order valence-electron chi connectivity index (χ1n) is 10.6. The number of nitrogens with two attached hydrogens (primary N) is 1. The Bertz CT molecular complexity index is 1000. The molecule has 0 saturated carbocycles. The number of anilines is 2. The lowest BCUT2D eigenvalue weighted by atomic mass is 10.0. The van der Waals surface area contributed by atoms with Gasteiger partial charge in [0, 0.05) is 20.2 Å². The summed E-state index contributed by atoms with van der Waals surface area (Å²) in [4.78, 5) is 44.2. The molecule has 3 N–H and O–H groups in total. The highest BCUT2D eigenvalue weighted by atomic mass is 16.5. The highest BCUT2D eigenvalue weighted by Crippen LogP contribution is 2.20. The topological polar surface area (TPSA) is 114 Å². The summed E-state index contributed by atoms with van der Waals surface area (Å²) in [5.74, 6) is 0.248. The van der Waals surface area contributed by atoms with Gasteiger partial charge in [0.05, 0.1) is 19.7 Å². The van der Waals surface area contributed by atoms with Crippen molar-refractivity contribution in [1.82, 2.24) is 14.5 Å². The minimum absolute atomic E-state index is 0.0114. The van der Waals surface area contributed by atoms with E-state index in [-0.39, 0.29) is 43.7 Å². The van der Waals surface area contributed by atoms with Gasteiger partial charge in [-0.15, -0.1) is 0 Å². The molecule has 1 saturated heterocycles. The molecule has 1 aliphatic rings. The minimum Gasteiger partial charge on any atom is -0.383 e. The summed E-state index contributed by atoms with van der Waals surface area (Å²) >= 11 is 0. The summed E-state index contributed by atoms with van der Waals surface area (Å²) in [6.07, 6.45) is 2.19. The van der Waals surface area contributed by atoms with E-state index < -0.39 is 11.2 Å². The Morgan fingerprint density at radius 3 is 2.71 bits per heavy atom. The molecule has 1 amide bonds. The van der Waals surface area contributed by atoms with E-state index in [1.165, 1.54) is 16.6 Å². The smallest absolute Gasteiger partial charge is 0.330 e. The third-order valence-corrected chi connectivity index (χ3v) is 5.59. The zero-order valence-electron chi connectivity index (χ0n) is 18.2. The molecule has 0 spiro atoms. The first-order chi connectivity index (χ1) is 14.9. The van der Waals surface area contributed by atoms with E-state index in [9.17, 15) is 14.4 Å². The van der Waals surface area contributed by atoms with Crippen LogP contribution in [0.25, 0.3) is 0 Å². The third-order valence-electron chi connectivity index (χ3n) is 5.59. The Hall–Kier alpha value is -2.91. The Morgan fingerprint density at radius 1 is 1.29 bits per heavy atom. The summed E-state index contributed by atoms with van der Waals surface area (Å²) in [5.41, 5.74) is 5.85. The molecule has 2 heterocycles. The van der Waals surface area contributed by atoms with Crippen molar-refractivity contribution in [2.24, 2.45) is 5.92 Å². The number of nitrogens with one attached hydrogen (secondary N) is 1. The lowest BCUT2D eigenvalue weighted by Crippen LogP contribution is -2.48. The predicted octanol–water partition coefficient (Wildman–Crippen LogP) is 0.878. The summed E-state index contributed by atoms with van der Waals surface area (Å²) in [7, 11) is 1.53. The molecule has 0 aliphatic carbocycles. The van der Waals surface area contributed by atoms with Crippen molar-refractivity contribution < 1.29 is 9.53 Å². The average molecular weight is 430 g/mol. The zero-order valence-corrected chi connectivity index (χ0v) is 18.2. The lowest BCUT2D eigenvalue weighted by Gasteiger charge is -2.32. The molecule has 1 aromatic heterocycles. The van der Waals surface area contributed by atoms with Crippen LogP contribution in [0.2, 0.25) is 0 Å². The monoisotopic (exact) mass is 429 g/mol. The number of amides is 1. The fourth-order valence-corrected chi connectivity index (χ4v) is 4.01. The molecule has 0 radical (unpaired) electrons. The van der Waals surface area contributed by atoms with Crippen LogP contribution in [-0.2, 0) is 16.1 Å². The molecule has 2 aromatic rings. The van der Waals surface area contributed by atoms with Gasteiger partial charge in [-0.05, 0) is 30.9 Å². The van der Waals surface area contributed by atoms with E-state index >= 15 is 0 Å². The zero-order chi connectivity index (χ0) is 22.4. The van der Waals surface area contributed by atoms with Gasteiger partial charge in [-0.2, -0.15) is 0 Å². The second kappa shape index (κ2) is 10.4. The van der Waals surface area contributed by atoms with E-state index in [0.29, 0.717) is 5.92 Å². The molecule has 1 atom stereocenters. The van der Waals surface area contributed by atoms with Crippen molar-refractivity contribution in [2.75, 3.05) is 50.5 Å². The number of rotatable bonds is 8. The summed E-state index contributed by atoms with van der Waals surface area (Å²) in [5, 5.41) is 0. The molecule has 31 heavy (non-hydrogen) atoms. The second-order valence-electron chi connectivity index (χ2n) is 8.09. The maximum atomic E-state index is 13.2. The van der Waals surface area contributed by atoms with Crippen LogP contribution < -0.4 is 21.9 Å². The number of ether oxygens (including phenoxy) is 1. The Balaban J connectivity index is 1.94. The van der Waals surface area contributed by atoms with E-state index in [2.05, 4.69) is 16.8 Å². The quantitative estimate of drug-likeness (QED) is 0.644. The molecule has 168 valence electrons. The number of aromatic nitrogens is 2. The number of likely N-dealkylation sites (tertiary alicyclic amines) is 1. The Morgan fingerprint density at radius 2 is 2.03 bits per heavy atom. The van der Waals surface area contributed by atoms with Crippen LogP contribution in [0.5, 0.6) is 0 Å². The van der Waals surface area contributed by atoms with E-state index in [4.69, 9.17) is 10.5 Å². The Labute approximate surface area is 181 Å². The first-order valence-corrected chi connectivity index (χ1v) is 10.6. The maximum absolute atomic E-state index is 13.2. The maximum Gasteiger partial charge on any atom is 0.330 e. The van der Waals surface area contributed by atoms with Gasteiger partial charge in [0.15, 0.2) is 5.69 Å². The van der Waals surface area contributed by atoms with Crippen LogP contribution >= 0.6 is 0 Å². The number of methoxy groups -OCH3 is 1. The molecule has 0 bridgehead atoms. The normalized spacial score (nSPS) is 16.9. The number of H-pyrrole nitrogens is 1. The number of nitrogens with zero attached hydrogens (tertiary/aromatic N) is 3. The first kappa shape index (κ1) is 22.8. The lowest BCUT2D eigenvalue weighted by molar-refractivity contribution is -0.120. The molecule has 1 aromatic carbocycles. The number of nitrogen functional groups attached to an aromatic ring is 1. The van der Waals surface area contributed by atoms with Crippen molar-refractivity contribution in [3.05, 3.63) is 56.7 Å². The Kier molecular flexibility index (Phi) is 7.64. The van der Waals surface area contributed by atoms with Crippen molar-refractivity contribution in [2.45, 2.75) is 26.3 Å². The molecular weight excluding hydrogens is 398 g/mol. The van der Waals surface area contributed by atoms with E-state index in [0.717, 1.165) is 31.5 Å². The molecular formula is C22H31N5O4. The third kappa shape index (κ3) is 5.62. The van der Waals surface area contributed by atoms with Gasteiger partial charge in [0.1, 0.15) is 5.82 Å². The fourth-order valence-electron chi connectivity index (χ4n) is 4.01. The fraction of sp³-hybridized carbons (Fsp3) is 0.500. The van der Waals surface area contributed by atoms with Crippen molar-refractivity contribution in [1.29, 1.82) is 0 Å². The van der Waals surface area contributed by atoms with E-state index in [1.807, 2.05) is 30.3 Å². The van der Waals surface area contributed by atoms with E-state index in [1.54, 1.807) is 0 Å². The highest BCUT2D eigenvalue weighted by Gasteiger charge is 2.27. The molecule has 0 unspecified atom stereocenters. The molecule has 1 aliphatic heterocycles. The van der Waals surface area contributed by atoms with Gasteiger partial charge in [-0.1, -0.05) is 37.3 Å². The molecule has 9 nitrogen and oxygen atoms in total. The van der Waals surface area contributed by atoms with Gasteiger partial charge < -0.3 is 15.4 Å². The summed E-state index contributed by atoms with van der Waals surface area (Å²) in [6.45, 7) is 4.61. The van der Waals surface area contributed by atoms with Gasteiger partial charge in [0.2, 0.25) is 5.91 Å². The number of carbonyl (C=O) groups excluding carboxylic acids is 1. The van der Waals surface area contributed by atoms with Crippen LogP contribution in [0, 0.1) is 5.92 Å². The second-order valence-corrected chi connectivity index (χ2v) is 8.09. The van der Waals surface area contributed by atoms with Crippen LogP contribution in [0.1, 0.15) is 25.3 Å². The number of aromatic amines is 1. The highest BCUT2D eigenvalue weighted by molar-refractivity contribution is 5.96. The number of carbonyl (C=O) groups is 1. The standard InChI is InChI=1S/C22H31N5O4/c1-16-7-6-10-25(13-16)15-18(28)26(11-12-31-2)19-20(23)27(22(30)24-21(19)29)14-17-8-4-3-5-9-17/h3-5,8-9,16H,6-7,10-15,23H2,1-2H3,(H,24,29,30)/t16-/m0/s1. The van der Waals surface area contributed by atoms with Gasteiger partial charge >= 0.3 is 5.69 Å². The van der Waals surface area contributed by atoms with Crippen LogP contribution in [0.15, 0.2) is 39.9 Å². The summed E-state index contributed by atoms with van der Waals surface area (Å²) < 4.78 is 6.43. The van der Waals surface area contributed by atoms with Crippen LogP contribution in [0.4, 0.5) is 11.5 Å². The minimum atomic E-state index is -0.678. The van der Waals surface area contributed by atoms with Crippen molar-refractivity contribution >= 4 is 17.4 Å². The number of piperidine rings is 1.